The molecular weight excluding hydrogens is 630 g/mol. The van der Waals surface area contributed by atoms with Gasteiger partial charge in [-0.2, -0.15) is 35.1 Å². The highest BCUT2D eigenvalue weighted by Gasteiger charge is 2.38. The van der Waals surface area contributed by atoms with E-state index in [1.54, 1.807) is 0 Å². The van der Waals surface area contributed by atoms with Gasteiger partial charge in [-0.1, -0.05) is 18.2 Å². The summed E-state index contributed by atoms with van der Waals surface area (Å²) in [6.45, 7) is 4.40. The predicted octanol–water partition coefficient (Wildman–Crippen LogP) is 5.69. The number of alkyl halides is 6. The third-order valence-corrected chi connectivity index (χ3v) is 7.17. The van der Waals surface area contributed by atoms with Crippen LogP contribution in [0.1, 0.15) is 0 Å². The quantitative estimate of drug-likeness (QED) is 0.236. The van der Waals surface area contributed by atoms with Gasteiger partial charge in [-0.05, 0) is 54.6 Å². The number of carbonyl (C=O) groups is 2. The Morgan fingerprint density at radius 2 is 1.31 bits per heavy atom. The fourth-order valence-electron chi connectivity index (χ4n) is 4.24. The Kier molecular flexibility index (Phi) is 9.92. The maximum absolute atomic E-state index is 10.6. The van der Waals surface area contributed by atoms with Crippen LogP contribution in [-0.2, 0) is 9.59 Å². The van der Waals surface area contributed by atoms with Crippen molar-refractivity contribution in [3.63, 3.8) is 0 Å². The summed E-state index contributed by atoms with van der Waals surface area (Å²) in [4.78, 5) is 27.3. The van der Waals surface area contributed by atoms with Gasteiger partial charge in [-0.25, -0.2) is 14.6 Å². The van der Waals surface area contributed by atoms with Gasteiger partial charge in [0.1, 0.15) is 16.7 Å². The van der Waals surface area contributed by atoms with Crippen LogP contribution in [0.3, 0.4) is 0 Å². The van der Waals surface area contributed by atoms with E-state index in [2.05, 4.69) is 89.7 Å². The molecule has 2 N–H and O–H groups in total. The monoisotopic (exact) mass is 654 g/mol. The first-order valence-corrected chi connectivity index (χ1v) is 13.7. The molecule has 0 aliphatic carbocycles. The van der Waals surface area contributed by atoms with Crippen LogP contribution in [-0.4, -0.2) is 90.8 Å². The van der Waals surface area contributed by atoms with Crippen molar-refractivity contribution in [2.24, 2.45) is 0 Å². The topological polar surface area (TPSA) is 124 Å². The lowest BCUT2D eigenvalue weighted by atomic mass is 10.1. The second kappa shape index (κ2) is 13.5. The van der Waals surface area contributed by atoms with Gasteiger partial charge in [0.25, 0.3) is 0 Å². The number of fused-ring (bicyclic) bond motifs is 2. The maximum Gasteiger partial charge on any atom is 0.490 e. The normalized spacial score (nSPS) is 14.0. The molecule has 0 atom stereocenters. The fourth-order valence-corrected chi connectivity index (χ4v) is 4.76. The number of halogens is 6. The molecule has 238 valence electrons. The number of anilines is 1. The van der Waals surface area contributed by atoms with Crippen LogP contribution < -0.4 is 4.90 Å². The summed E-state index contributed by atoms with van der Waals surface area (Å²) in [6, 6.07) is 19.4. The van der Waals surface area contributed by atoms with Gasteiger partial charge in [-0.3, -0.25) is 4.40 Å². The molecule has 5 aromatic rings. The SMILES string of the molecule is CN1CCN(c2ccc(-c3ccn4c(-c5ccc6nsnc6c5)cnc4c3)cc2)CC1.O=C(O)C(F)(F)F.O=C(O)C(F)(F)F. The molecule has 45 heavy (non-hydrogen) atoms. The average molecular weight is 655 g/mol. The summed E-state index contributed by atoms with van der Waals surface area (Å²) < 4.78 is 74.3. The molecule has 1 aliphatic heterocycles. The van der Waals surface area contributed by atoms with Gasteiger partial charge >= 0.3 is 24.3 Å². The summed E-state index contributed by atoms with van der Waals surface area (Å²) in [5.41, 5.74) is 8.63. The van der Waals surface area contributed by atoms with Gasteiger partial charge in [0, 0.05) is 43.6 Å². The van der Waals surface area contributed by atoms with Crippen LogP contribution in [0, 0.1) is 0 Å². The molecule has 0 bridgehead atoms. The number of hydrogen-bond donors (Lipinski definition) is 2. The number of aromatic nitrogens is 4. The van der Waals surface area contributed by atoms with E-state index in [0.717, 1.165) is 54.1 Å². The number of carboxylic acids is 2. The van der Waals surface area contributed by atoms with Crippen LogP contribution in [0.25, 0.3) is 39.1 Å². The van der Waals surface area contributed by atoms with Crippen LogP contribution in [0.5, 0.6) is 0 Å². The molecule has 0 spiro atoms. The first kappa shape index (κ1) is 33.1. The molecular formula is C28H24F6N6O4S. The molecule has 0 saturated carbocycles. The van der Waals surface area contributed by atoms with Crippen LogP contribution in [0.15, 0.2) is 67.0 Å². The zero-order valence-electron chi connectivity index (χ0n) is 23.2. The lowest BCUT2D eigenvalue weighted by Crippen LogP contribution is -2.44. The van der Waals surface area contributed by atoms with Gasteiger partial charge in [0.05, 0.1) is 23.6 Å². The van der Waals surface area contributed by atoms with Gasteiger partial charge in [0.2, 0.25) is 0 Å². The summed E-state index contributed by atoms with van der Waals surface area (Å²) in [5, 5.41) is 14.2. The highest BCUT2D eigenvalue weighted by molar-refractivity contribution is 7.00. The number of rotatable bonds is 3. The van der Waals surface area contributed by atoms with E-state index in [4.69, 9.17) is 19.8 Å². The van der Waals surface area contributed by atoms with E-state index in [9.17, 15) is 26.3 Å². The first-order chi connectivity index (χ1) is 21.1. The lowest BCUT2D eigenvalue weighted by molar-refractivity contribution is -0.193. The standard InChI is InChI=1S/C24H22N6S.2C2HF3O2/c1-28-10-12-29(13-11-28)20-5-2-17(3-6-20)18-8-9-30-23(16-25-24(30)15-18)19-4-7-21-22(14-19)27-31-26-21;2*3-2(4,5)1(6)7/h2-9,14-16H,10-13H2,1H3;2*(H,6,7). The van der Waals surface area contributed by atoms with Crippen molar-refractivity contribution in [2.45, 2.75) is 12.4 Å². The Hall–Kier alpha value is -4.77. The van der Waals surface area contributed by atoms with Crippen molar-refractivity contribution in [1.29, 1.82) is 0 Å². The number of piperazine rings is 1. The molecule has 0 unspecified atom stereocenters. The first-order valence-electron chi connectivity index (χ1n) is 13.0. The number of carboxylic acid groups (broad SMARTS) is 2. The summed E-state index contributed by atoms with van der Waals surface area (Å²) in [7, 11) is 2.19. The molecule has 1 fully saturated rings. The highest BCUT2D eigenvalue weighted by Crippen LogP contribution is 2.28. The Bertz CT molecular complexity index is 1760. The van der Waals surface area contributed by atoms with Gasteiger partial charge < -0.3 is 20.0 Å². The number of nitrogens with zero attached hydrogens (tertiary/aromatic N) is 6. The molecule has 0 amide bonds. The van der Waals surface area contributed by atoms with Crippen molar-refractivity contribution in [3.05, 3.63) is 67.0 Å². The fraction of sp³-hybridized carbons (Fsp3) is 0.250. The largest absolute Gasteiger partial charge is 0.490 e. The highest BCUT2D eigenvalue weighted by atomic mass is 32.1. The lowest BCUT2D eigenvalue weighted by Gasteiger charge is -2.34. The smallest absolute Gasteiger partial charge is 0.475 e. The van der Waals surface area contributed by atoms with Crippen molar-refractivity contribution < 1.29 is 46.1 Å². The summed E-state index contributed by atoms with van der Waals surface area (Å²) in [5.74, 6) is -5.51. The zero-order valence-corrected chi connectivity index (χ0v) is 24.1. The number of imidazole rings is 1. The molecule has 10 nitrogen and oxygen atoms in total. The third-order valence-electron chi connectivity index (χ3n) is 6.62. The van der Waals surface area contributed by atoms with Crippen molar-refractivity contribution in [1.82, 2.24) is 23.0 Å². The summed E-state index contributed by atoms with van der Waals surface area (Å²) in [6.07, 6.45) is -6.14. The second-order valence-electron chi connectivity index (χ2n) is 9.70. The summed E-state index contributed by atoms with van der Waals surface area (Å²) >= 11 is 1.24. The number of likely N-dealkylation sites (N-methyl/N-ethyl adjacent to an activating group) is 1. The molecule has 1 saturated heterocycles. The van der Waals surface area contributed by atoms with Crippen molar-refractivity contribution in [3.8, 4) is 22.4 Å². The van der Waals surface area contributed by atoms with E-state index in [0.29, 0.717) is 0 Å². The minimum absolute atomic E-state index is 0.925. The van der Waals surface area contributed by atoms with Crippen LogP contribution in [0.2, 0.25) is 0 Å². The van der Waals surface area contributed by atoms with E-state index in [1.807, 2.05) is 12.3 Å². The number of benzene rings is 2. The average Bonchev–Trinajstić information content (AvgIpc) is 3.64. The van der Waals surface area contributed by atoms with Crippen LogP contribution in [0.4, 0.5) is 32.0 Å². The molecule has 1 aliphatic rings. The minimum Gasteiger partial charge on any atom is -0.475 e. The number of pyridine rings is 1. The molecule has 2 aromatic carbocycles. The second-order valence-corrected chi connectivity index (χ2v) is 10.2. The van der Waals surface area contributed by atoms with Gasteiger partial charge in [-0.15, -0.1) is 0 Å². The van der Waals surface area contributed by atoms with Gasteiger partial charge in [0.15, 0.2) is 0 Å². The van der Waals surface area contributed by atoms with E-state index < -0.39 is 24.3 Å². The number of aliphatic carboxylic acids is 2. The molecule has 0 radical (unpaired) electrons. The Labute approximate surface area is 255 Å². The molecule has 3 aromatic heterocycles. The minimum atomic E-state index is -5.08. The maximum atomic E-state index is 10.6. The molecule has 4 heterocycles. The number of hydrogen-bond acceptors (Lipinski definition) is 8. The van der Waals surface area contributed by atoms with Crippen molar-refractivity contribution >= 4 is 46.0 Å². The Balaban J connectivity index is 0.000000277. The molecule has 6 rings (SSSR count). The Morgan fingerprint density at radius 3 is 1.89 bits per heavy atom. The van der Waals surface area contributed by atoms with Crippen molar-refractivity contribution in [2.75, 3.05) is 38.1 Å². The third kappa shape index (κ3) is 8.45. The Morgan fingerprint density at radius 1 is 0.756 bits per heavy atom. The van der Waals surface area contributed by atoms with Crippen LogP contribution >= 0.6 is 11.7 Å². The van der Waals surface area contributed by atoms with E-state index in [1.165, 1.54) is 28.5 Å². The van der Waals surface area contributed by atoms with E-state index in [-0.39, 0.29) is 0 Å². The predicted molar refractivity (Wildman–Crippen MR) is 154 cm³/mol. The van der Waals surface area contributed by atoms with E-state index >= 15 is 0 Å². The molecule has 17 heteroatoms. The zero-order chi connectivity index (χ0) is 32.9.